The molecule has 14 heteroatoms. The number of hydrogen-bond donors (Lipinski definition) is 1. The summed E-state index contributed by atoms with van der Waals surface area (Å²) in [5.41, 5.74) is -0.330. The molecule has 0 saturated carbocycles. The van der Waals surface area contributed by atoms with Crippen LogP contribution in [0.3, 0.4) is 0 Å². The van der Waals surface area contributed by atoms with Crippen molar-refractivity contribution in [2.75, 3.05) is 43.1 Å². The third-order valence-corrected chi connectivity index (χ3v) is 7.55. The first-order valence-electron chi connectivity index (χ1n) is 13.2. The van der Waals surface area contributed by atoms with Crippen LogP contribution in [0.15, 0.2) is 36.0 Å². The first-order chi connectivity index (χ1) is 19.7. The number of alkyl halides is 3. The molecule has 1 N–H and O–H groups in total. The van der Waals surface area contributed by atoms with Gasteiger partial charge >= 0.3 is 12.1 Å². The van der Waals surface area contributed by atoms with Gasteiger partial charge in [-0.1, -0.05) is 0 Å². The maximum atomic E-state index is 13.8. The van der Waals surface area contributed by atoms with E-state index in [9.17, 15) is 22.8 Å². The molecule has 1 amide bonds. The van der Waals surface area contributed by atoms with Crippen molar-refractivity contribution in [3.8, 4) is 17.0 Å². The molecule has 2 aliphatic rings. The van der Waals surface area contributed by atoms with Crippen molar-refractivity contribution in [3.63, 3.8) is 0 Å². The molecule has 0 aliphatic carbocycles. The molecule has 1 atom stereocenters. The van der Waals surface area contributed by atoms with E-state index in [1.54, 1.807) is 12.3 Å². The molecule has 1 aromatic carbocycles. The molecule has 4 heterocycles. The molecular formula is C27H28F3N5O5S. The molecule has 0 spiro atoms. The number of aromatic nitrogens is 3. The van der Waals surface area contributed by atoms with Gasteiger partial charge in [-0.25, -0.2) is 15.0 Å². The Morgan fingerprint density at radius 3 is 2.63 bits per heavy atom. The van der Waals surface area contributed by atoms with Crippen molar-refractivity contribution in [1.82, 2.24) is 15.0 Å². The largest absolute Gasteiger partial charge is 0.487 e. The second-order valence-electron chi connectivity index (χ2n) is 9.58. The topological polar surface area (TPSA) is 116 Å². The Bertz CT molecular complexity index is 1370. The first-order valence-corrected chi connectivity index (χ1v) is 14.1. The summed E-state index contributed by atoms with van der Waals surface area (Å²) in [6.07, 6.45) is -0.400. The highest BCUT2D eigenvalue weighted by Gasteiger charge is 2.36. The molecular weight excluding hydrogens is 563 g/mol. The summed E-state index contributed by atoms with van der Waals surface area (Å²) in [5.74, 6) is -0.535. The highest BCUT2D eigenvalue weighted by atomic mass is 32.1. The predicted molar refractivity (Wildman–Crippen MR) is 144 cm³/mol. The van der Waals surface area contributed by atoms with Crippen molar-refractivity contribution in [1.29, 1.82) is 0 Å². The lowest BCUT2D eigenvalue weighted by Gasteiger charge is -2.31. The highest BCUT2D eigenvalue weighted by Crippen LogP contribution is 2.40. The molecule has 0 radical (unpaired) electrons. The predicted octanol–water partition coefficient (Wildman–Crippen LogP) is 4.82. The minimum atomic E-state index is -4.63. The molecule has 0 bridgehead atoms. The molecule has 218 valence electrons. The van der Waals surface area contributed by atoms with Crippen molar-refractivity contribution >= 4 is 34.2 Å². The highest BCUT2D eigenvalue weighted by molar-refractivity contribution is 7.14. The van der Waals surface area contributed by atoms with Gasteiger partial charge in [0.1, 0.15) is 23.4 Å². The molecule has 5 rings (SSSR count). The zero-order chi connectivity index (χ0) is 29.0. The van der Waals surface area contributed by atoms with Gasteiger partial charge in [0, 0.05) is 30.5 Å². The summed E-state index contributed by atoms with van der Waals surface area (Å²) in [6, 6.07) is 3.77. The Kier molecular flexibility index (Phi) is 8.68. The number of ether oxygens (including phenoxy) is 3. The Labute approximate surface area is 237 Å². The van der Waals surface area contributed by atoms with Crippen molar-refractivity contribution < 1.29 is 37.0 Å². The Morgan fingerprint density at radius 2 is 1.98 bits per heavy atom. The van der Waals surface area contributed by atoms with Gasteiger partial charge in [-0.15, -0.1) is 11.3 Å². The maximum Gasteiger partial charge on any atom is 0.419 e. The Morgan fingerprint density at radius 1 is 1.17 bits per heavy atom. The zero-order valence-electron chi connectivity index (χ0n) is 22.1. The number of nitrogens with one attached hydrogen (secondary N) is 1. The van der Waals surface area contributed by atoms with Crippen molar-refractivity contribution in [2.24, 2.45) is 5.92 Å². The quantitative estimate of drug-likeness (QED) is 0.368. The summed E-state index contributed by atoms with van der Waals surface area (Å²) in [6.45, 7) is 4.06. The number of benzene rings is 1. The fourth-order valence-electron chi connectivity index (χ4n) is 4.63. The van der Waals surface area contributed by atoms with Crippen LogP contribution in [0.5, 0.6) is 5.75 Å². The van der Waals surface area contributed by atoms with Crippen LogP contribution in [0.4, 0.5) is 24.1 Å². The number of carbonyl (C=O) groups is 2. The first kappa shape index (κ1) is 28.7. The van der Waals surface area contributed by atoms with Gasteiger partial charge < -0.3 is 19.1 Å². The summed E-state index contributed by atoms with van der Waals surface area (Å²) >= 11 is 1.08. The molecule has 2 aromatic heterocycles. The van der Waals surface area contributed by atoms with Gasteiger partial charge in [-0.05, 0) is 38.0 Å². The molecule has 0 unspecified atom stereocenters. The zero-order valence-corrected chi connectivity index (χ0v) is 23.0. The van der Waals surface area contributed by atoms with Gasteiger partial charge in [-0.3, -0.25) is 14.9 Å². The summed E-state index contributed by atoms with van der Waals surface area (Å²) < 4.78 is 57.2. The molecule has 2 fully saturated rings. The van der Waals surface area contributed by atoms with E-state index < -0.39 is 23.8 Å². The number of esters is 1. The number of thiazole rings is 1. The average Bonchev–Trinajstić information content (AvgIpc) is 3.65. The standard InChI is InChI=1S/C27H28F3N5O5S/c1-2-39-25(37)16-5-8-35(9-6-16)23-13-31-20(12-32-23)24(36)34-26-33-21(15-41-26)17-3-4-22(19(11-17)27(28,29)30)40-18-7-10-38-14-18/h3-4,11-13,15-16,18H,2,5-10,14H2,1H3,(H,33,34,36)/t18-/m0/s1. The van der Waals surface area contributed by atoms with E-state index in [4.69, 9.17) is 14.2 Å². The van der Waals surface area contributed by atoms with Crippen LogP contribution in [0.25, 0.3) is 11.3 Å². The number of hydrogen-bond acceptors (Lipinski definition) is 10. The summed E-state index contributed by atoms with van der Waals surface area (Å²) in [5, 5.41) is 4.39. The van der Waals surface area contributed by atoms with Crippen LogP contribution in [0.2, 0.25) is 0 Å². The lowest BCUT2D eigenvalue weighted by Crippen LogP contribution is -2.37. The third kappa shape index (κ3) is 6.93. The molecule has 2 aliphatic heterocycles. The Balaban J connectivity index is 1.21. The fraction of sp³-hybridized carbons (Fsp3) is 0.444. The van der Waals surface area contributed by atoms with Gasteiger partial charge in [0.15, 0.2) is 5.13 Å². The summed E-state index contributed by atoms with van der Waals surface area (Å²) in [4.78, 5) is 39.5. The van der Waals surface area contributed by atoms with Crippen molar-refractivity contribution in [2.45, 2.75) is 38.5 Å². The van der Waals surface area contributed by atoms with E-state index in [2.05, 4.69) is 20.3 Å². The maximum absolute atomic E-state index is 13.8. The second kappa shape index (κ2) is 12.4. The van der Waals surface area contributed by atoms with Crippen LogP contribution in [-0.2, 0) is 20.4 Å². The van der Waals surface area contributed by atoms with E-state index in [1.165, 1.54) is 24.5 Å². The number of carbonyl (C=O) groups excluding carboxylic acids is 2. The SMILES string of the molecule is CCOC(=O)C1CCN(c2cnc(C(=O)Nc3nc(-c4ccc(O[C@H]5CCOC5)c(C(F)(F)F)c4)cs3)cn2)CC1. The van der Waals surface area contributed by atoms with Crippen LogP contribution in [-0.4, -0.2) is 65.8 Å². The lowest BCUT2D eigenvalue weighted by atomic mass is 9.97. The van der Waals surface area contributed by atoms with Crippen LogP contribution in [0, 0.1) is 5.92 Å². The third-order valence-electron chi connectivity index (χ3n) is 6.80. The van der Waals surface area contributed by atoms with E-state index in [-0.39, 0.29) is 46.3 Å². The lowest BCUT2D eigenvalue weighted by molar-refractivity contribution is -0.148. The molecule has 2 saturated heterocycles. The van der Waals surface area contributed by atoms with E-state index in [0.29, 0.717) is 51.4 Å². The van der Waals surface area contributed by atoms with Crippen LogP contribution < -0.4 is 15.0 Å². The number of nitrogens with zero attached hydrogens (tertiary/aromatic N) is 4. The van der Waals surface area contributed by atoms with E-state index >= 15 is 0 Å². The van der Waals surface area contributed by atoms with Gasteiger partial charge in [0.05, 0.1) is 49.4 Å². The number of rotatable bonds is 8. The fourth-order valence-corrected chi connectivity index (χ4v) is 5.34. The smallest absolute Gasteiger partial charge is 0.419 e. The van der Waals surface area contributed by atoms with Crippen molar-refractivity contribution in [3.05, 3.63) is 47.2 Å². The van der Waals surface area contributed by atoms with Gasteiger partial charge in [0.25, 0.3) is 5.91 Å². The van der Waals surface area contributed by atoms with Crippen LogP contribution in [0.1, 0.15) is 42.2 Å². The van der Waals surface area contributed by atoms with E-state index in [1.807, 2.05) is 4.90 Å². The monoisotopic (exact) mass is 591 g/mol. The number of piperidine rings is 1. The normalized spacial score (nSPS) is 17.9. The number of amides is 1. The number of halogens is 3. The molecule has 10 nitrogen and oxygen atoms in total. The number of anilines is 2. The Hall–Kier alpha value is -3.78. The van der Waals surface area contributed by atoms with Crippen LogP contribution >= 0.6 is 11.3 Å². The molecule has 3 aromatic rings. The second-order valence-corrected chi connectivity index (χ2v) is 10.4. The average molecular weight is 592 g/mol. The molecule has 41 heavy (non-hydrogen) atoms. The van der Waals surface area contributed by atoms with Gasteiger partial charge in [-0.2, -0.15) is 13.2 Å². The summed E-state index contributed by atoms with van der Waals surface area (Å²) in [7, 11) is 0. The minimum absolute atomic E-state index is 0.0589. The van der Waals surface area contributed by atoms with E-state index in [0.717, 1.165) is 17.4 Å². The minimum Gasteiger partial charge on any atom is -0.487 e. The van der Waals surface area contributed by atoms with Gasteiger partial charge in [0.2, 0.25) is 0 Å².